The van der Waals surface area contributed by atoms with Gasteiger partial charge in [-0.1, -0.05) is 27.5 Å². The second-order valence-electron chi connectivity index (χ2n) is 3.45. The van der Waals surface area contributed by atoms with Crippen LogP contribution in [-0.2, 0) is 10.3 Å². The van der Waals surface area contributed by atoms with Crippen LogP contribution >= 0.6 is 27.5 Å². The van der Waals surface area contributed by atoms with Gasteiger partial charge >= 0.3 is 0 Å². The summed E-state index contributed by atoms with van der Waals surface area (Å²) < 4.78 is 14.4. The summed E-state index contributed by atoms with van der Waals surface area (Å²) in [7, 11) is 0. The highest BCUT2D eigenvalue weighted by Crippen LogP contribution is 2.53. The molecule has 1 aliphatic carbocycles. The van der Waals surface area contributed by atoms with Gasteiger partial charge in [-0.25, -0.2) is 9.18 Å². The quantitative estimate of drug-likeness (QED) is 0.465. The van der Waals surface area contributed by atoms with Crippen molar-refractivity contribution in [2.24, 2.45) is 4.99 Å². The highest BCUT2D eigenvalue weighted by molar-refractivity contribution is 9.10. The third-order valence-corrected chi connectivity index (χ3v) is 3.45. The number of hydrogen-bond acceptors (Lipinski definition) is 2. The molecule has 1 aromatic rings. The van der Waals surface area contributed by atoms with Gasteiger partial charge in [-0.2, -0.15) is 4.99 Å². The van der Waals surface area contributed by atoms with Gasteiger partial charge in [0, 0.05) is 10.0 Å². The Bertz CT molecular complexity index is 467. The summed E-state index contributed by atoms with van der Waals surface area (Å²) in [6, 6.07) is 3.12. The van der Waals surface area contributed by atoms with Crippen molar-refractivity contribution in [3.05, 3.63) is 33.0 Å². The summed E-state index contributed by atoms with van der Waals surface area (Å²) in [5, 5.41) is 0.0422. The molecule has 15 heavy (non-hydrogen) atoms. The fraction of sp³-hybridized carbons (Fsp3) is 0.300. The summed E-state index contributed by atoms with van der Waals surface area (Å²) in [4.78, 5) is 13.9. The van der Waals surface area contributed by atoms with Gasteiger partial charge in [0.05, 0.1) is 5.02 Å². The molecule has 78 valence electrons. The van der Waals surface area contributed by atoms with Crippen molar-refractivity contribution < 1.29 is 9.18 Å². The summed E-state index contributed by atoms with van der Waals surface area (Å²) >= 11 is 8.92. The van der Waals surface area contributed by atoms with Crippen LogP contribution < -0.4 is 0 Å². The SMILES string of the molecule is O=C=NC1(c2c(Br)ccc(Cl)c2F)CC1. The summed E-state index contributed by atoms with van der Waals surface area (Å²) in [5.74, 6) is -0.512. The molecular formula is C10H6BrClFNO. The highest BCUT2D eigenvalue weighted by atomic mass is 79.9. The topological polar surface area (TPSA) is 29.4 Å². The molecule has 0 unspecified atom stereocenters. The maximum Gasteiger partial charge on any atom is 0.235 e. The molecule has 0 aliphatic heterocycles. The molecule has 0 N–H and O–H groups in total. The van der Waals surface area contributed by atoms with Gasteiger partial charge in [-0.3, -0.25) is 0 Å². The van der Waals surface area contributed by atoms with E-state index >= 15 is 0 Å². The predicted octanol–water partition coefficient (Wildman–Crippen LogP) is 3.57. The number of halogens is 3. The Hall–Kier alpha value is -0.700. The summed E-state index contributed by atoms with van der Waals surface area (Å²) in [5.41, 5.74) is -0.381. The van der Waals surface area contributed by atoms with Gasteiger partial charge in [-0.05, 0) is 25.0 Å². The van der Waals surface area contributed by atoms with Crippen LogP contribution in [0.4, 0.5) is 4.39 Å². The molecule has 2 rings (SSSR count). The molecule has 0 radical (unpaired) electrons. The molecule has 5 heteroatoms. The van der Waals surface area contributed by atoms with E-state index in [0.717, 1.165) is 0 Å². The Labute approximate surface area is 99.3 Å². The van der Waals surface area contributed by atoms with Gasteiger partial charge in [0.2, 0.25) is 6.08 Å². The van der Waals surface area contributed by atoms with Crippen molar-refractivity contribution in [1.82, 2.24) is 0 Å². The van der Waals surface area contributed by atoms with Crippen LogP contribution in [0.2, 0.25) is 5.02 Å². The molecule has 1 fully saturated rings. The third-order valence-electron chi connectivity index (χ3n) is 2.49. The minimum atomic E-state index is -0.741. The lowest BCUT2D eigenvalue weighted by Gasteiger charge is -2.12. The van der Waals surface area contributed by atoms with Crippen LogP contribution in [0, 0.1) is 5.82 Å². The van der Waals surface area contributed by atoms with E-state index in [1.807, 2.05) is 0 Å². The minimum absolute atomic E-state index is 0.0422. The smallest absolute Gasteiger partial charge is 0.211 e. The van der Waals surface area contributed by atoms with E-state index in [1.54, 1.807) is 6.07 Å². The molecular weight excluding hydrogens is 284 g/mol. The maximum absolute atomic E-state index is 13.8. The molecule has 0 spiro atoms. The summed E-state index contributed by atoms with van der Waals surface area (Å²) in [6.45, 7) is 0. The molecule has 2 nitrogen and oxygen atoms in total. The lowest BCUT2D eigenvalue weighted by molar-refractivity contribution is 0.547. The molecule has 0 bridgehead atoms. The van der Waals surface area contributed by atoms with Crippen molar-refractivity contribution in [2.75, 3.05) is 0 Å². The van der Waals surface area contributed by atoms with E-state index in [0.29, 0.717) is 22.9 Å². The number of aliphatic imine (C=N–C) groups is 1. The molecule has 0 amide bonds. The molecule has 1 aliphatic rings. The lowest BCUT2D eigenvalue weighted by atomic mass is 10.1. The minimum Gasteiger partial charge on any atom is -0.211 e. The number of hydrogen-bond donors (Lipinski definition) is 0. The molecule has 0 heterocycles. The van der Waals surface area contributed by atoms with Crippen molar-refractivity contribution >= 4 is 33.6 Å². The van der Waals surface area contributed by atoms with Crippen LogP contribution in [0.25, 0.3) is 0 Å². The van der Waals surface area contributed by atoms with E-state index in [9.17, 15) is 9.18 Å². The Balaban J connectivity index is 2.62. The van der Waals surface area contributed by atoms with E-state index in [1.165, 1.54) is 12.1 Å². The van der Waals surface area contributed by atoms with Crippen LogP contribution in [0.15, 0.2) is 21.6 Å². The van der Waals surface area contributed by atoms with E-state index < -0.39 is 11.4 Å². The van der Waals surface area contributed by atoms with E-state index in [-0.39, 0.29) is 5.02 Å². The molecule has 0 atom stereocenters. The molecule has 0 saturated heterocycles. The van der Waals surface area contributed by atoms with Gasteiger partial charge in [0.15, 0.2) is 0 Å². The monoisotopic (exact) mass is 289 g/mol. The Morgan fingerprint density at radius 2 is 2.20 bits per heavy atom. The van der Waals surface area contributed by atoms with Crippen LogP contribution in [-0.4, -0.2) is 6.08 Å². The van der Waals surface area contributed by atoms with Crippen LogP contribution in [0.5, 0.6) is 0 Å². The first-order chi connectivity index (χ1) is 7.10. The molecule has 0 aromatic heterocycles. The zero-order chi connectivity index (χ0) is 11.1. The average Bonchev–Trinajstić information content (AvgIpc) is 2.94. The number of nitrogens with zero attached hydrogens (tertiary/aromatic N) is 1. The van der Waals surface area contributed by atoms with Gasteiger partial charge < -0.3 is 0 Å². The van der Waals surface area contributed by atoms with Crippen molar-refractivity contribution in [2.45, 2.75) is 18.4 Å². The summed E-state index contributed by atoms with van der Waals surface area (Å²) in [6.07, 6.45) is 2.79. The number of isocyanates is 1. The zero-order valence-corrected chi connectivity index (χ0v) is 9.90. The normalized spacial score (nSPS) is 17.0. The predicted molar refractivity (Wildman–Crippen MR) is 58.1 cm³/mol. The van der Waals surface area contributed by atoms with Crippen molar-refractivity contribution in [3.63, 3.8) is 0 Å². The standard InChI is InChI=1S/C10H6BrClFNO/c11-6-1-2-7(12)9(13)8(6)10(3-4-10)14-5-15/h1-2H,3-4H2. The molecule has 1 saturated carbocycles. The van der Waals surface area contributed by atoms with Crippen LogP contribution in [0.3, 0.4) is 0 Å². The Morgan fingerprint density at radius 1 is 1.53 bits per heavy atom. The largest absolute Gasteiger partial charge is 0.235 e. The van der Waals surface area contributed by atoms with Crippen molar-refractivity contribution in [3.8, 4) is 0 Å². The number of rotatable bonds is 2. The van der Waals surface area contributed by atoms with Gasteiger partial charge in [0.25, 0.3) is 0 Å². The Kier molecular flexibility index (Phi) is 2.67. The van der Waals surface area contributed by atoms with Gasteiger partial charge in [-0.15, -0.1) is 0 Å². The van der Waals surface area contributed by atoms with Crippen molar-refractivity contribution in [1.29, 1.82) is 0 Å². The fourth-order valence-corrected chi connectivity index (χ4v) is 2.41. The first-order valence-corrected chi connectivity index (χ1v) is 5.51. The van der Waals surface area contributed by atoms with E-state index in [2.05, 4.69) is 20.9 Å². The van der Waals surface area contributed by atoms with Gasteiger partial charge in [0.1, 0.15) is 11.4 Å². The maximum atomic E-state index is 13.8. The first-order valence-electron chi connectivity index (χ1n) is 4.34. The zero-order valence-electron chi connectivity index (χ0n) is 7.56. The number of benzene rings is 1. The lowest BCUT2D eigenvalue weighted by Crippen LogP contribution is -2.07. The first kappa shape index (κ1) is 10.8. The molecule has 1 aromatic carbocycles. The number of carbonyl (C=O) groups excluding carboxylic acids is 1. The third kappa shape index (κ3) is 1.73. The highest BCUT2D eigenvalue weighted by Gasteiger charge is 2.48. The second-order valence-corrected chi connectivity index (χ2v) is 4.71. The Morgan fingerprint density at radius 3 is 2.73 bits per heavy atom. The average molecular weight is 291 g/mol. The fourth-order valence-electron chi connectivity index (χ4n) is 1.58. The van der Waals surface area contributed by atoms with E-state index in [4.69, 9.17) is 11.6 Å². The second kappa shape index (κ2) is 3.71. The van der Waals surface area contributed by atoms with Crippen LogP contribution in [0.1, 0.15) is 18.4 Å².